The van der Waals surface area contributed by atoms with Crippen molar-refractivity contribution >= 4 is 33.0 Å². The molecule has 1 aliphatic carbocycles. The van der Waals surface area contributed by atoms with Crippen LogP contribution in [0.25, 0.3) is 0 Å². The number of halogens is 1. The number of anilines is 1. The Morgan fingerprint density at radius 1 is 1.31 bits per heavy atom. The molecule has 0 radical (unpaired) electrons. The first kappa shape index (κ1) is 17.5. The van der Waals surface area contributed by atoms with Crippen LogP contribution in [0.5, 0.6) is 0 Å². The molecule has 26 heavy (non-hydrogen) atoms. The van der Waals surface area contributed by atoms with E-state index >= 15 is 0 Å². The third kappa shape index (κ3) is 3.23. The van der Waals surface area contributed by atoms with Gasteiger partial charge in [-0.05, 0) is 44.2 Å². The summed E-state index contributed by atoms with van der Waals surface area (Å²) < 4.78 is 25.5. The van der Waals surface area contributed by atoms with Crippen LogP contribution in [0.4, 0.5) is 5.69 Å². The van der Waals surface area contributed by atoms with E-state index in [1.165, 1.54) is 0 Å². The highest BCUT2D eigenvalue weighted by Crippen LogP contribution is 2.32. The van der Waals surface area contributed by atoms with Crippen LogP contribution in [-0.2, 0) is 22.7 Å². The van der Waals surface area contributed by atoms with Gasteiger partial charge in [-0.25, -0.2) is 13.4 Å². The van der Waals surface area contributed by atoms with E-state index in [0.717, 1.165) is 36.9 Å². The first-order chi connectivity index (χ1) is 12.4. The molecule has 0 unspecified atom stereocenters. The molecule has 4 rings (SSSR count). The molecule has 2 aliphatic rings. The molecule has 1 amide bonds. The Labute approximate surface area is 156 Å². The summed E-state index contributed by atoms with van der Waals surface area (Å²) in [5, 5.41) is 7.53. The monoisotopic (exact) mass is 394 g/mol. The molecule has 138 valence electrons. The van der Waals surface area contributed by atoms with Gasteiger partial charge in [0, 0.05) is 17.5 Å². The van der Waals surface area contributed by atoms with Crippen molar-refractivity contribution in [2.24, 2.45) is 0 Å². The number of aromatic nitrogens is 3. The van der Waals surface area contributed by atoms with Crippen molar-refractivity contribution in [1.29, 1.82) is 0 Å². The lowest BCUT2D eigenvalue weighted by molar-refractivity contribution is 0.102. The second kappa shape index (κ2) is 6.66. The van der Waals surface area contributed by atoms with E-state index in [1.54, 1.807) is 23.0 Å². The van der Waals surface area contributed by atoms with E-state index in [2.05, 4.69) is 15.4 Å². The van der Waals surface area contributed by atoms with Crippen LogP contribution in [0.2, 0.25) is 5.15 Å². The quantitative estimate of drug-likeness (QED) is 0.807. The highest BCUT2D eigenvalue weighted by molar-refractivity contribution is 7.91. The second-order valence-electron chi connectivity index (χ2n) is 6.78. The van der Waals surface area contributed by atoms with Gasteiger partial charge in [0.25, 0.3) is 5.91 Å². The number of fused-ring (bicyclic) bond motifs is 1. The molecule has 0 spiro atoms. The Morgan fingerprint density at radius 3 is 2.85 bits per heavy atom. The molecule has 1 N–H and O–H groups in total. The van der Waals surface area contributed by atoms with Crippen LogP contribution >= 0.6 is 11.6 Å². The van der Waals surface area contributed by atoms with Crippen molar-refractivity contribution in [3.05, 3.63) is 40.4 Å². The number of nitrogens with one attached hydrogen (secondary N) is 1. The van der Waals surface area contributed by atoms with Gasteiger partial charge in [0.15, 0.2) is 20.7 Å². The Balaban J connectivity index is 1.68. The van der Waals surface area contributed by atoms with E-state index in [-0.39, 0.29) is 28.6 Å². The van der Waals surface area contributed by atoms with Crippen LogP contribution in [-0.4, -0.2) is 40.6 Å². The van der Waals surface area contributed by atoms with Crippen molar-refractivity contribution in [3.63, 3.8) is 0 Å². The van der Waals surface area contributed by atoms with Crippen LogP contribution in [0.3, 0.4) is 0 Å². The van der Waals surface area contributed by atoms with Gasteiger partial charge in [-0.3, -0.25) is 9.48 Å². The number of rotatable bonds is 3. The molecule has 0 aromatic carbocycles. The lowest BCUT2D eigenvalue weighted by Crippen LogP contribution is -2.17. The topological polar surface area (TPSA) is 93.9 Å². The molecule has 1 aliphatic heterocycles. The van der Waals surface area contributed by atoms with Gasteiger partial charge in [-0.15, -0.1) is 0 Å². The predicted molar refractivity (Wildman–Crippen MR) is 98.4 cm³/mol. The van der Waals surface area contributed by atoms with Crippen LogP contribution in [0, 0.1) is 0 Å². The molecular weight excluding hydrogens is 376 g/mol. The second-order valence-corrected chi connectivity index (χ2v) is 9.37. The van der Waals surface area contributed by atoms with E-state index in [4.69, 9.17) is 11.6 Å². The maximum atomic E-state index is 12.8. The number of hydrogen-bond donors (Lipinski definition) is 1. The number of carbonyl (C=O) groups excluding carboxylic acids is 1. The fourth-order valence-electron chi connectivity index (χ4n) is 3.74. The van der Waals surface area contributed by atoms with Crippen molar-refractivity contribution in [2.45, 2.75) is 38.1 Å². The van der Waals surface area contributed by atoms with Gasteiger partial charge in [-0.2, -0.15) is 5.10 Å². The summed E-state index contributed by atoms with van der Waals surface area (Å²) in [4.78, 5) is 16.8. The van der Waals surface area contributed by atoms with Gasteiger partial charge in [0.1, 0.15) is 0 Å². The summed E-state index contributed by atoms with van der Waals surface area (Å²) in [5.41, 5.74) is 2.73. The molecule has 0 bridgehead atoms. The third-order valence-electron chi connectivity index (χ3n) is 4.99. The fourth-order valence-corrected chi connectivity index (χ4v) is 5.60. The number of carbonyl (C=O) groups is 1. The molecule has 9 heteroatoms. The molecule has 1 atom stereocenters. The molecule has 1 fully saturated rings. The Bertz CT molecular complexity index is 970. The smallest absolute Gasteiger partial charge is 0.276 e. The maximum Gasteiger partial charge on any atom is 0.276 e. The average molecular weight is 395 g/mol. The average Bonchev–Trinajstić information content (AvgIpc) is 3.17. The number of nitrogens with zero attached hydrogens (tertiary/aromatic N) is 3. The van der Waals surface area contributed by atoms with Gasteiger partial charge in [0.2, 0.25) is 0 Å². The zero-order valence-corrected chi connectivity index (χ0v) is 15.7. The summed E-state index contributed by atoms with van der Waals surface area (Å²) in [5.74, 6) is -0.0620. The Kier molecular flexibility index (Phi) is 4.48. The summed E-state index contributed by atoms with van der Waals surface area (Å²) >= 11 is 6.02. The number of sulfone groups is 1. The highest BCUT2D eigenvalue weighted by Gasteiger charge is 2.34. The van der Waals surface area contributed by atoms with E-state index in [9.17, 15) is 13.2 Å². The first-order valence-corrected chi connectivity index (χ1v) is 10.9. The standard InChI is InChI=1S/C17H19ClN4O3S/c18-16-13(5-3-8-19-16)20-17(23)15-12-4-1-2-6-14(12)22(21-15)11-7-9-26(24,25)10-11/h3,5,8,11H,1-2,4,6-7,9-10H2,(H,20,23)/t11-/m1/s1. The van der Waals surface area contributed by atoms with Gasteiger partial charge < -0.3 is 5.32 Å². The summed E-state index contributed by atoms with van der Waals surface area (Å²) in [6.45, 7) is 0. The number of amides is 1. The van der Waals surface area contributed by atoms with Gasteiger partial charge in [-0.1, -0.05) is 11.6 Å². The Hall–Kier alpha value is -1.93. The minimum atomic E-state index is -3.02. The molecule has 7 nitrogen and oxygen atoms in total. The predicted octanol–water partition coefficient (Wildman–Crippen LogP) is 2.42. The lowest BCUT2D eigenvalue weighted by Gasteiger charge is -2.17. The summed E-state index contributed by atoms with van der Waals surface area (Å²) in [7, 11) is -3.02. The van der Waals surface area contributed by atoms with E-state index < -0.39 is 9.84 Å². The largest absolute Gasteiger partial charge is 0.318 e. The molecule has 2 aromatic heterocycles. The van der Waals surface area contributed by atoms with Crippen molar-refractivity contribution in [3.8, 4) is 0 Å². The normalized spacial score (nSPS) is 21.3. The maximum absolute atomic E-state index is 12.8. The zero-order chi connectivity index (χ0) is 18.3. The lowest BCUT2D eigenvalue weighted by atomic mass is 9.95. The third-order valence-corrected chi connectivity index (χ3v) is 7.04. The molecule has 0 saturated carbocycles. The number of hydrogen-bond acceptors (Lipinski definition) is 5. The number of pyridine rings is 1. The molecule has 1 saturated heterocycles. The summed E-state index contributed by atoms with van der Waals surface area (Å²) in [6.07, 6.45) is 5.71. The van der Waals surface area contributed by atoms with Crippen molar-refractivity contribution < 1.29 is 13.2 Å². The van der Waals surface area contributed by atoms with E-state index in [1.807, 2.05) is 0 Å². The van der Waals surface area contributed by atoms with Crippen LogP contribution < -0.4 is 5.32 Å². The summed E-state index contributed by atoms with van der Waals surface area (Å²) in [6, 6.07) is 3.19. The molecule has 3 heterocycles. The minimum Gasteiger partial charge on any atom is -0.318 e. The van der Waals surface area contributed by atoms with Gasteiger partial charge in [0.05, 0.1) is 23.2 Å². The van der Waals surface area contributed by atoms with Crippen LogP contribution in [0.15, 0.2) is 18.3 Å². The molecular formula is C17H19ClN4O3S. The highest BCUT2D eigenvalue weighted by atomic mass is 35.5. The van der Waals surface area contributed by atoms with Crippen molar-refractivity contribution in [1.82, 2.24) is 14.8 Å². The molecule has 2 aromatic rings. The van der Waals surface area contributed by atoms with Crippen molar-refractivity contribution in [2.75, 3.05) is 16.8 Å². The van der Waals surface area contributed by atoms with Gasteiger partial charge >= 0.3 is 0 Å². The Morgan fingerprint density at radius 2 is 2.12 bits per heavy atom. The SMILES string of the molecule is O=C(Nc1cccnc1Cl)c1nn([C@@H]2CCS(=O)(=O)C2)c2c1CCCC2. The zero-order valence-electron chi connectivity index (χ0n) is 14.1. The minimum absolute atomic E-state index is 0.0939. The van der Waals surface area contributed by atoms with Crippen LogP contribution in [0.1, 0.15) is 47.1 Å². The fraction of sp³-hybridized carbons (Fsp3) is 0.471. The first-order valence-electron chi connectivity index (χ1n) is 8.67. The van der Waals surface area contributed by atoms with E-state index in [0.29, 0.717) is 17.8 Å².